The molecule has 1 heterocycles. The van der Waals surface area contributed by atoms with E-state index in [9.17, 15) is 5.26 Å². The van der Waals surface area contributed by atoms with E-state index in [1.807, 2.05) is 0 Å². The van der Waals surface area contributed by atoms with Gasteiger partial charge in [0.05, 0.1) is 24.2 Å². The Morgan fingerprint density at radius 1 is 1.10 bits per heavy atom. The third-order valence-corrected chi connectivity index (χ3v) is 5.12. The predicted octanol–water partition coefficient (Wildman–Crippen LogP) is 3.45. The maximum atomic E-state index is 9.51. The Bertz CT molecular complexity index is 358. The monoisotopic (exact) mass is 278 g/mol. The molecule has 0 aromatic heterocycles. The molecule has 2 aliphatic rings. The average Bonchev–Trinajstić information content (AvgIpc) is 2.35. The van der Waals surface area contributed by atoms with E-state index in [0.29, 0.717) is 11.5 Å². The molecule has 1 saturated carbocycles. The highest BCUT2D eigenvalue weighted by atomic mass is 16.5. The minimum atomic E-state index is 0.200. The van der Waals surface area contributed by atoms with Gasteiger partial charge < -0.3 is 4.74 Å². The standard InChI is InChI=1S/C17H30N2O/c1-12-10-19(11-13(2)20-12)16-8-15(17(3,4)5)7-6-14(16)9-18/h12-16H,6-8,10-11H2,1-5H3. The highest BCUT2D eigenvalue weighted by Crippen LogP contribution is 2.42. The number of hydrogen-bond acceptors (Lipinski definition) is 3. The highest BCUT2D eigenvalue weighted by Gasteiger charge is 2.40. The average molecular weight is 278 g/mol. The van der Waals surface area contributed by atoms with Gasteiger partial charge in [-0.25, -0.2) is 0 Å². The summed E-state index contributed by atoms with van der Waals surface area (Å²) in [5.74, 6) is 0.927. The van der Waals surface area contributed by atoms with Crippen LogP contribution in [0.2, 0.25) is 0 Å². The maximum Gasteiger partial charge on any atom is 0.0678 e. The van der Waals surface area contributed by atoms with E-state index in [-0.39, 0.29) is 18.1 Å². The molecule has 1 saturated heterocycles. The molecule has 0 spiro atoms. The van der Waals surface area contributed by atoms with Crippen LogP contribution in [0.15, 0.2) is 0 Å². The molecule has 0 radical (unpaired) electrons. The van der Waals surface area contributed by atoms with Crippen LogP contribution in [-0.2, 0) is 4.74 Å². The molecule has 1 aliphatic heterocycles. The first-order chi connectivity index (χ1) is 9.31. The van der Waals surface area contributed by atoms with Gasteiger partial charge in [0.2, 0.25) is 0 Å². The lowest BCUT2D eigenvalue weighted by Gasteiger charge is -2.47. The number of nitrogens with zero attached hydrogens (tertiary/aromatic N) is 2. The number of rotatable bonds is 1. The lowest BCUT2D eigenvalue weighted by molar-refractivity contribution is -0.0937. The topological polar surface area (TPSA) is 36.3 Å². The van der Waals surface area contributed by atoms with Crippen molar-refractivity contribution in [3.05, 3.63) is 0 Å². The van der Waals surface area contributed by atoms with Gasteiger partial charge in [0.15, 0.2) is 0 Å². The van der Waals surface area contributed by atoms with E-state index >= 15 is 0 Å². The first-order valence-electron chi connectivity index (χ1n) is 8.10. The minimum Gasteiger partial charge on any atom is -0.373 e. The van der Waals surface area contributed by atoms with Crippen LogP contribution in [-0.4, -0.2) is 36.2 Å². The second-order valence-electron chi connectivity index (χ2n) is 7.89. The van der Waals surface area contributed by atoms with Crippen LogP contribution in [0.3, 0.4) is 0 Å². The van der Waals surface area contributed by atoms with Gasteiger partial charge in [0.25, 0.3) is 0 Å². The van der Waals surface area contributed by atoms with Crippen molar-refractivity contribution in [1.82, 2.24) is 4.90 Å². The van der Waals surface area contributed by atoms with Crippen LogP contribution in [0.1, 0.15) is 53.9 Å². The summed E-state index contributed by atoms with van der Waals surface area (Å²) >= 11 is 0. The van der Waals surface area contributed by atoms with Gasteiger partial charge in [0, 0.05) is 19.1 Å². The van der Waals surface area contributed by atoms with Crippen molar-refractivity contribution in [2.45, 2.75) is 72.1 Å². The first-order valence-corrected chi connectivity index (χ1v) is 8.10. The fourth-order valence-corrected chi connectivity index (χ4v) is 3.98. The van der Waals surface area contributed by atoms with Crippen molar-refractivity contribution in [3.63, 3.8) is 0 Å². The molecule has 0 bridgehead atoms. The second kappa shape index (κ2) is 6.03. The SMILES string of the molecule is CC1CN(C2CC(C(C)(C)C)CCC2C#N)CC(C)O1. The Hall–Kier alpha value is -0.590. The van der Waals surface area contributed by atoms with E-state index in [1.54, 1.807) is 0 Å². The molecule has 2 fully saturated rings. The van der Waals surface area contributed by atoms with Crippen LogP contribution in [0.25, 0.3) is 0 Å². The van der Waals surface area contributed by atoms with E-state index in [2.05, 4.69) is 45.6 Å². The Morgan fingerprint density at radius 3 is 2.20 bits per heavy atom. The molecule has 5 unspecified atom stereocenters. The molecule has 5 atom stereocenters. The fourth-order valence-electron chi connectivity index (χ4n) is 3.98. The molecular weight excluding hydrogens is 248 g/mol. The first kappa shape index (κ1) is 15.8. The summed E-state index contributed by atoms with van der Waals surface area (Å²) in [6, 6.07) is 2.99. The summed E-state index contributed by atoms with van der Waals surface area (Å²) < 4.78 is 5.85. The third-order valence-electron chi connectivity index (χ3n) is 5.12. The zero-order chi connectivity index (χ0) is 14.9. The van der Waals surface area contributed by atoms with E-state index in [1.165, 1.54) is 12.8 Å². The van der Waals surface area contributed by atoms with Crippen LogP contribution in [0.4, 0.5) is 0 Å². The molecule has 20 heavy (non-hydrogen) atoms. The zero-order valence-electron chi connectivity index (χ0n) is 13.7. The number of morpholine rings is 1. The molecule has 114 valence electrons. The quantitative estimate of drug-likeness (QED) is 0.737. The summed E-state index contributed by atoms with van der Waals surface area (Å²) in [6.45, 7) is 13.3. The Morgan fingerprint density at radius 2 is 1.70 bits per heavy atom. The van der Waals surface area contributed by atoms with Crippen molar-refractivity contribution >= 4 is 0 Å². The third kappa shape index (κ3) is 3.54. The molecule has 0 amide bonds. The van der Waals surface area contributed by atoms with Gasteiger partial charge in [-0.1, -0.05) is 20.8 Å². The lowest BCUT2D eigenvalue weighted by atomic mass is 9.67. The molecule has 0 aromatic rings. The Labute approximate surface area is 124 Å². The van der Waals surface area contributed by atoms with Crippen molar-refractivity contribution < 1.29 is 4.74 Å². The molecule has 1 aliphatic carbocycles. The molecule has 3 heteroatoms. The van der Waals surface area contributed by atoms with Crippen molar-refractivity contribution in [1.29, 1.82) is 5.26 Å². The van der Waals surface area contributed by atoms with E-state index in [4.69, 9.17) is 4.74 Å². The molecular formula is C17H30N2O. The van der Waals surface area contributed by atoms with Crippen LogP contribution >= 0.6 is 0 Å². The summed E-state index contributed by atoms with van der Waals surface area (Å²) in [4.78, 5) is 2.53. The fraction of sp³-hybridized carbons (Fsp3) is 0.941. The van der Waals surface area contributed by atoms with Gasteiger partial charge in [0.1, 0.15) is 0 Å². The normalized spacial score (nSPS) is 40.3. The van der Waals surface area contributed by atoms with Gasteiger partial charge in [-0.05, 0) is 44.4 Å². The molecule has 0 N–H and O–H groups in total. The predicted molar refractivity (Wildman–Crippen MR) is 81.3 cm³/mol. The lowest BCUT2D eigenvalue weighted by Crippen LogP contribution is -2.54. The van der Waals surface area contributed by atoms with Gasteiger partial charge in [-0.3, -0.25) is 4.90 Å². The molecule has 2 rings (SSSR count). The van der Waals surface area contributed by atoms with E-state index in [0.717, 1.165) is 25.4 Å². The van der Waals surface area contributed by atoms with Crippen LogP contribution in [0, 0.1) is 28.6 Å². The number of nitriles is 1. The van der Waals surface area contributed by atoms with Crippen molar-refractivity contribution in [2.24, 2.45) is 17.3 Å². The Balaban J connectivity index is 2.11. The molecule has 3 nitrogen and oxygen atoms in total. The summed E-state index contributed by atoms with van der Waals surface area (Å²) in [5, 5.41) is 9.51. The number of ether oxygens (including phenoxy) is 1. The summed E-state index contributed by atoms with van der Waals surface area (Å²) in [6.07, 6.45) is 4.00. The van der Waals surface area contributed by atoms with Crippen molar-refractivity contribution in [2.75, 3.05) is 13.1 Å². The van der Waals surface area contributed by atoms with E-state index < -0.39 is 0 Å². The highest BCUT2D eigenvalue weighted by molar-refractivity contribution is 5.00. The molecule has 0 aromatic carbocycles. The van der Waals surface area contributed by atoms with Gasteiger partial charge >= 0.3 is 0 Å². The zero-order valence-corrected chi connectivity index (χ0v) is 13.7. The van der Waals surface area contributed by atoms with Gasteiger partial charge in [-0.15, -0.1) is 0 Å². The van der Waals surface area contributed by atoms with Crippen LogP contribution < -0.4 is 0 Å². The largest absolute Gasteiger partial charge is 0.373 e. The number of hydrogen-bond donors (Lipinski definition) is 0. The summed E-state index contributed by atoms with van der Waals surface area (Å²) in [5.41, 5.74) is 0.349. The summed E-state index contributed by atoms with van der Waals surface area (Å²) in [7, 11) is 0. The smallest absolute Gasteiger partial charge is 0.0678 e. The second-order valence-corrected chi connectivity index (χ2v) is 7.89. The maximum absolute atomic E-state index is 9.51. The minimum absolute atomic E-state index is 0.200. The van der Waals surface area contributed by atoms with Gasteiger partial charge in [-0.2, -0.15) is 5.26 Å². The van der Waals surface area contributed by atoms with Crippen molar-refractivity contribution in [3.8, 4) is 6.07 Å². The Kier molecular flexibility index (Phi) is 4.76. The van der Waals surface area contributed by atoms with Crippen LogP contribution in [0.5, 0.6) is 0 Å².